The monoisotopic (exact) mass is 225 g/mol. The normalized spacial score (nSPS) is 10.6. The summed E-state index contributed by atoms with van der Waals surface area (Å²) in [6, 6.07) is 11.2. The van der Waals surface area contributed by atoms with Crippen molar-refractivity contribution >= 4 is 16.7 Å². The Balaban J connectivity index is 1.94. The van der Waals surface area contributed by atoms with Crippen molar-refractivity contribution < 1.29 is 4.74 Å². The van der Waals surface area contributed by atoms with Crippen molar-refractivity contribution in [2.45, 2.75) is 0 Å². The molecule has 0 fully saturated rings. The Kier molecular flexibility index (Phi) is 2.19. The number of nitrogen functional groups attached to an aromatic ring is 1. The van der Waals surface area contributed by atoms with E-state index in [4.69, 9.17) is 10.5 Å². The van der Waals surface area contributed by atoms with Gasteiger partial charge >= 0.3 is 0 Å². The van der Waals surface area contributed by atoms with Crippen LogP contribution in [-0.4, -0.2) is 9.97 Å². The van der Waals surface area contributed by atoms with E-state index in [0.29, 0.717) is 17.2 Å². The summed E-state index contributed by atoms with van der Waals surface area (Å²) in [5.41, 5.74) is 7.22. The maximum atomic E-state index is 5.69. The van der Waals surface area contributed by atoms with Crippen LogP contribution in [0.15, 0.2) is 48.8 Å². The molecule has 3 rings (SSSR count). The van der Waals surface area contributed by atoms with Gasteiger partial charge < -0.3 is 15.5 Å². The highest BCUT2D eigenvalue weighted by Crippen LogP contribution is 2.24. The third-order valence-electron chi connectivity index (χ3n) is 2.47. The van der Waals surface area contributed by atoms with Gasteiger partial charge in [-0.15, -0.1) is 0 Å². The van der Waals surface area contributed by atoms with Crippen LogP contribution < -0.4 is 10.5 Å². The van der Waals surface area contributed by atoms with E-state index in [9.17, 15) is 0 Å². The Morgan fingerprint density at radius 2 is 2.06 bits per heavy atom. The molecule has 2 aromatic heterocycles. The van der Waals surface area contributed by atoms with E-state index in [1.807, 2.05) is 36.5 Å². The lowest BCUT2D eigenvalue weighted by Gasteiger charge is -2.05. The zero-order chi connectivity index (χ0) is 11.7. The van der Waals surface area contributed by atoms with E-state index in [0.717, 1.165) is 11.0 Å². The van der Waals surface area contributed by atoms with E-state index >= 15 is 0 Å². The first-order chi connectivity index (χ1) is 8.31. The van der Waals surface area contributed by atoms with Gasteiger partial charge in [0.15, 0.2) is 0 Å². The quantitative estimate of drug-likeness (QED) is 0.659. The summed E-state index contributed by atoms with van der Waals surface area (Å²) in [7, 11) is 0. The number of fused-ring (bicyclic) bond motifs is 1. The van der Waals surface area contributed by atoms with Gasteiger partial charge in [-0.05, 0) is 24.3 Å². The van der Waals surface area contributed by atoms with Crippen LogP contribution in [0.25, 0.3) is 11.0 Å². The summed E-state index contributed by atoms with van der Waals surface area (Å²) in [4.78, 5) is 7.28. The number of anilines is 1. The number of aromatic amines is 1. The SMILES string of the molecule is Nc1cccc(Oc2cnc3[nH]ccc3c2)c1. The molecule has 0 aliphatic rings. The number of pyridine rings is 1. The molecule has 2 heterocycles. The first kappa shape index (κ1) is 9.72. The van der Waals surface area contributed by atoms with Crippen LogP contribution in [0.1, 0.15) is 0 Å². The molecular weight excluding hydrogens is 214 g/mol. The first-order valence-electron chi connectivity index (χ1n) is 5.28. The standard InChI is InChI=1S/C13H11N3O/c14-10-2-1-3-11(7-10)17-12-6-9-4-5-15-13(9)16-8-12/h1-8H,14H2,(H,15,16). The van der Waals surface area contributed by atoms with E-state index < -0.39 is 0 Å². The van der Waals surface area contributed by atoms with Crippen LogP contribution in [0.5, 0.6) is 11.5 Å². The minimum Gasteiger partial charge on any atom is -0.456 e. The molecule has 84 valence electrons. The van der Waals surface area contributed by atoms with Crippen molar-refractivity contribution in [1.29, 1.82) is 0 Å². The summed E-state index contributed by atoms with van der Waals surface area (Å²) in [5, 5.41) is 1.02. The number of H-pyrrole nitrogens is 1. The van der Waals surface area contributed by atoms with Crippen LogP contribution in [-0.2, 0) is 0 Å². The van der Waals surface area contributed by atoms with E-state index in [-0.39, 0.29) is 0 Å². The fourth-order valence-electron chi connectivity index (χ4n) is 1.69. The topological polar surface area (TPSA) is 63.9 Å². The lowest BCUT2D eigenvalue weighted by Crippen LogP contribution is -1.88. The minimum absolute atomic E-state index is 0.679. The second kappa shape index (κ2) is 3.83. The average Bonchev–Trinajstić information content (AvgIpc) is 2.76. The maximum Gasteiger partial charge on any atom is 0.146 e. The van der Waals surface area contributed by atoms with Gasteiger partial charge in [-0.3, -0.25) is 0 Å². The highest BCUT2D eigenvalue weighted by atomic mass is 16.5. The summed E-state index contributed by atoms with van der Waals surface area (Å²) >= 11 is 0. The van der Waals surface area contributed by atoms with Crippen LogP contribution in [0, 0.1) is 0 Å². The van der Waals surface area contributed by atoms with E-state index in [2.05, 4.69) is 9.97 Å². The summed E-state index contributed by atoms with van der Waals surface area (Å²) in [6.45, 7) is 0. The van der Waals surface area contributed by atoms with Crippen molar-refractivity contribution in [1.82, 2.24) is 9.97 Å². The minimum atomic E-state index is 0.679. The number of nitrogens with one attached hydrogen (secondary N) is 1. The van der Waals surface area contributed by atoms with Gasteiger partial charge in [-0.25, -0.2) is 4.98 Å². The van der Waals surface area contributed by atoms with Crippen molar-refractivity contribution in [2.75, 3.05) is 5.73 Å². The third-order valence-corrected chi connectivity index (χ3v) is 2.47. The molecule has 0 amide bonds. The number of nitrogens with zero attached hydrogens (tertiary/aromatic N) is 1. The molecule has 1 aromatic carbocycles. The zero-order valence-electron chi connectivity index (χ0n) is 9.05. The Hall–Kier alpha value is -2.49. The molecule has 0 unspecified atom stereocenters. The zero-order valence-corrected chi connectivity index (χ0v) is 9.05. The molecule has 0 bridgehead atoms. The Bertz CT molecular complexity index is 660. The lowest BCUT2D eigenvalue weighted by atomic mass is 10.3. The van der Waals surface area contributed by atoms with Crippen LogP contribution >= 0.6 is 0 Å². The van der Waals surface area contributed by atoms with Crippen molar-refractivity contribution in [3.05, 3.63) is 48.8 Å². The molecule has 3 N–H and O–H groups in total. The number of benzene rings is 1. The second-order valence-electron chi connectivity index (χ2n) is 3.76. The van der Waals surface area contributed by atoms with Crippen LogP contribution in [0.2, 0.25) is 0 Å². The number of aromatic nitrogens is 2. The van der Waals surface area contributed by atoms with Gasteiger partial charge in [-0.1, -0.05) is 6.07 Å². The number of rotatable bonds is 2. The maximum absolute atomic E-state index is 5.69. The van der Waals surface area contributed by atoms with Gasteiger partial charge in [-0.2, -0.15) is 0 Å². The average molecular weight is 225 g/mol. The summed E-state index contributed by atoms with van der Waals surface area (Å²) < 4.78 is 5.68. The van der Waals surface area contributed by atoms with E-state index in [1.54, 1.807) is 12.3 Å². The molecule has 0 saturated carbocycles. The lowest BCUT2D eigenvalue weighted by molar-refractivity contribution is 0.481. The molecule has 0 aliphatic carbocycles. The molecule has 0 aliphatic heterocycles. The van der Waals surface area contributed by atoms with Gasteiger partial charge in [0.05, 0.1) is 6.20 Å². The molecule has 4 heteroatoms. The molecule has 3 aromatic rings. The third kappa shape index (κ3) is 1.92. The van der Waals surface area contributed by atoms with Crippen molar-refractivity contribution in [2.24, 2.45) is 0 Å². The first-order valence-corrected chi connectivity index (χ1v) is 5.28. The Labute approximate surface area is 98.1 Å². The molecule has 0 spiro atoms. The van der Waals surface area contributed by atoms with Crippen LogP contribution in [0.3, 0.4) is 0 Å². The summed E-state index contributed by atoms with van der Waals surface area (Å²) in [6.07, 6.45) is 3.53. The van der Waals surface area contributed by atoms with Crippen LogP contribution in [0.4, 0.5) is 5.69 Å². The predicted molar refractivity (Wildman–Crippen MR) is 67.0 cm³/mol. The molecule has 0 atom stereocenters. The largest absolute Gasteiger partial charge is 0.456 e. The van der Waals surface area contributed by atoms with Gasteiger partial charge in [0.2, 0.25) is 0 Å². The Morgan fingerprint density at radius 3 is 2.94 bits per heavy atom. The fourth-order valence-corrected chi connectivity index (χ4v) is 1.69. The summed E-state index contributed by atoms with van der Waals surface area (Å²) in [5.74, 6) is 1.41. The van der Waals surface area contributed by atoms with Gasteiger partial charge in [0.25, 0.3) is 0 Å². The molecule has 0 radical (unpaired) electrons. The highest BCUT2D eigenvalue weighted by molar-refractivity contribution is 5.76. The second-order valence-corrected chi connectivity index (χ2v) is 3.76. The molecular formula is C13H11N3O. The van der Waals surface area contributed by atoms with Gasteiger partial charge in [0.1, 0.15) is 17.1 Å². The van der Waals surface area contributed by atoms with Gasteiger partial charge in [0, 0.05) is 23.3 Å². The molecule has 0 saturated heterocycles. The van der Waals surface area contributed by atoms with E-state index in [1.165, 1.54) is 0 Å². The smallest absolute Gasteiger partial charge is 0.146 e. The van der Waals surface area contributed by atoms with Crippen molar-refractivity contribution in [3.8, 4) is 11.5 Å². The van der Waals surface area contributed by atoms with Crippen molar-refractivity contribution in [3.63, 3.8) is 0 Å². The molecule has 17 heavy (non-hydrogen) atoms. The fraction of sp³-hybridized carbons (Fsp3) is 0. The Morgan fingerprint density at radius 1 is 1.12 bits per heavy atom. The molecule has 4 nitrogen and oxygen atoms in total. The number of hydrogen-bond acceptors (Lipinski definition) is 3. The predicted octanol–water partition coefficient (Wildman–Crippen LogP) is 2.94. The number of ether oxygens (including phenoxy) is 1. The number of nitrogens with two attached hydrogens (primary N) is 1. The highest BCUT2D eigenvalue weighted by Gasteiger charge is 2.01. The number of hydrogen-bond donors (Lipinski definition) is 2.